The Morgan fingerprint density at radius 1 is 1.00 bits per heavy atom. The summed E-state index contributed by atoms with van der Waals surface area (Å²) in [7, 11) is 3.15. The van der Waals surface area contributed by atoms with Crippen LogP contribution in [0.25, 0.3) is 0 Å². The molecule has 1 aromatic rings. The predicted octanol–water partition coefficient (Wildman–Crippen LogP) is 2.96. The summed E-state index contributed by atoms with van der Waals surface area (Å²) < 4.78 is 10.6. The SMILES string of the molecule is COc1ccc(C(=O)N2CCC[C@H](CCC(=O)N3CCCC3)C2)cc1OC. The molecule has 148 valence electrons. The standard InChI is InChI=1S/C21H30N2O4/c1-26-18-9-8-17(14-19(18)27-2)21(25)23-13-5-6-16(15-23)7-10-20(24)22-11-3-4-12-22/h8-9,14,16H,3-7,10-13,15H2,1-2H3/t16-/m1/s1. The van der Waals surface area contributed by atoms with Crippen LogP contribution in [0.4, 0.5) is 0 Å². The Labute approximate surface area is 161 Å². The Bertz CT molecular complexity index is 670. The Morgan fingerprint density at radius 3 is 2.41 bits per heavy atom. The molecule has 6 nitrogen and oxygen atoms in total. The van der Waals surface area contributed by atoms with Crippen LogP contribution in [0, 0.1) is 5.92 Å². The van der Waals surface area contributed by atoms with Gasteiger partial charge >= 0.3 is 0 Å². The predicted molar refractivity (Wildman–Crippen MR) is 103 cm³/mol. The van der Waals surface area contributed by atoms with Gasteiger partial charge in [0.05, 0.1) is 14.2 Å². The smallest absolute Gasteiger partial charge is 0.254 e. The number of rotatable bonds is 6. The molecule has 2 fully saturated rings. The molecule has 2 aliphatic rings. The van der Waals surface area contributed by atoms with E-state index in [0.29, 0.717) is 29.4 Å². The maximum atomic E-state index is 12.9. The number of likely N-dealkylation sites (tertiary alicyclic amines) is 2. The van der Waals surface area contributed by atoms with E-state index < -0.39 is 0 Å². The number of benzene rings is 1. The lowest BCUT2D eigenvalue weighted by molar-refractivity contribution is -0.130. The number of amides is 2. The molecule has 2 saturated heterocycles. The highest BCUT2D eigenvalue weighted by Gasteiger charge is 2.26. The molecule has 0 unspecified atom stereocenters. The minimum atomic E-state index is 0.0199. The molecular formula is C21H30N2O4. The van der Waals surface area contributed by atoms with Crippen LogP contribution in [0.1, 0.15) is 48.9 Å². The molecular weight excluding hydrogens is 344 g/mol. The average molecular weight is 374 g/mol. The lowest BCUT2D eigenvalue weighted by Crippen LogP contribution is -2.40. The van der Waals surface area contributed by atoms with E-state index in [1.54, 1.807) is 32.4 Å². The zero-order valence-electron chi connectivity index (χ0n) is 16.4. The van der Waals surface area contributed by atoms with Crippen molar-refractivity contribution >= 4 is 11.8 Å². The van der Waals surface area contributed by atoms with Crippen LogP contribution in [0.3, 0.4) is 0 Å². The second-order valence-corrected chi connectivity index (χ2v) is 7.46. The first-order chi connectivity index (χ1) is 13.1. The molecule has 1 atom stereocenters. The topological polar surface area (TPSA) is 59.1 Å². The van der Waals surface area contributed by atoms with Crippen molar-refractivity contribution in [3.63, 3.8) is 0 Å². The van der Waals surface area contributed by atoms with Gasteiger partial charge in [0.15, 0.2) is 11.5 Å². The Hall–Kier alpha value is -2.24. The Kier molecular flexibility index (Phi) is 6.58. The normalized spacial score (nSPS) is 19.9. The van der Waals surface area contributed by atoms with Gasteiger partial charge in [-0.05, 0) is 56.2 Å². The zero-order valence-corrected chi connectivity index (χ0v) is 16.4. The van der Waals surface area contributed by atoms with Gasteiger partial charge in [0.2, 0.25) is 5.91 Å². The van der Waals surface area contributed by atoms with Crippen molar-refractivity contribution < 1.29 is 19.1 Å². The van der Waals surface area contributed by atoms with Gasteiger partial charge in [-0.3, -0.25) is 9.59 Å². The van der Waals surface area contributed by atoms with Gasteiger partial charge in [-0.25, -0.2) is 0 Å². The molecule has 1 aromatic carbocycles. The van der Waals surface area contributed by atoms with Crippen LogP contribution >= 0.6 is 0 Å². The van der Waals surface area contributed by atoms with E-state index in [4.69, 9.17) is 9.47 Å². The maximum absolute atomic E-state index is 12.9. The van der Waals surface area contributed by atoms with Gasteiger partial charge < -0.3 is 19.3 Å². The van der Waals surface area contributed by atoms with Crippen molar-refractivity contribution in [2.75, 3.05) is 40.4 Å². The van der Waals surface area contributed by atoms with Crippen LogP contribution in [0.15, 0.2) is 18.2 Å². The van der Waals surface area contributed by atoms with Gasteiger partial charge in [-0.1, -0.05) is 0 Å². The number of hydrogen-bond acceptors (Lipinski definition) is 4. The summed E-state index contributed by atoms with van der Waals surface area (Å²) in [4.78, 5) is 29.1. The molecule has 2 heterocycles. The highest BCUT2D eigenvalue weighted by Crippen LogP contribution is 2.29. The van der Waals surface area contributed by atoms with E-state index in [9.17, 15) is 9.59 Å². The summed E-state index contributed by atoms with van der Waals surface area (Å²) in [5.74, 6) is 1.87. The largest absolute Gasteiger partial charge is 0.493 e. The summed E-state index contributed by atoms with van der Waals surface area (Å²) in [5, 5.41) is 0. The summed E-state index contributed by atoms with van der Waals surface area (Å²) in [6.45, 7) is 3.31. The van der Waals surface area contributed by atoms with Crippen molar-refractivity contribution in [3.05, 3.63) is 23.8 Å². The Balaban J connectivity index is 1.57. The van der Waals surface area contributed by atoms with Crippen LogP contribution in [0.5, 0.6) is 11.5 Å². The van der Waals surface area contributed by atoms with Gasteiger partial charge in [0, 0.05) is 38.2 Å². The van der Waals surface area contributed by atoms with Crippen molar-refractivity contribution in [2.24, 2.45) is 5.92 Å². The molecule has 2 amide bonds. The van der Waals surface area contributed by atoms with Gasteiger partial charge in [0.1, 0.15) is 0 Å². The number of carbonyl (C=O) groups excluding carboxylic acids is 2. The molecule has 2 aliphatic heterocycles. The highest BCUT2D eigenvalue weighted by atomic mass is 16.5. The quantitative estimate of drug-likeness (QED) is 0.768. The molecule has 0 aliphatic carbocycles. The maximum Gasteiger partial charge on any atom is 0.254 e. The second-order valence-electron chi connectivity index (χ2n) is 7.46. The van der Waals surface area contributed by atoms with E-state index >= 15 is 0 Å². The molecule has 27 heavy (non-hydrogen) atoms. The molecule has 0 N–H and O–H groups in total. The zero-order chi connectivity index (χ0) is 19.2. The summed E-state index contributed by atoms with van der Waals surface area (Å²) in [6, 6.07) is 5.29. The lowest BCUT2D eigenvalue weighted by Gasteiger charge is -2.33. The molecule has 0 radical (unpaired) electrons. The first-order valence-corrected chi connectivity index (χ1v) is 9.91. The molecule has 0 spiro atoms. The number of ether oxygens (including phenoxy) is 2. The van der Waals surface area contributed by atoms with Crippen LogP contribution in [-0.4, -0.2) is 62.0 Å². The van der Waals surface area contributed by atoms with Crippen LogP contribution in [-0.2, 0) is 4.79 Å². The second kappa shape index (κ2) is 9.11. The van der Waals surface area contributed by atoms with E-state index in [1.807, 2.05) is 9.80 Å². The minimum absolute atomic E-state index is 0.0199. The number of methoxy groups -OCH3 is 2. The van der Waals surface area contributed by atoms with Crippen molar-refractivity contribution in [1.82, 2.24) is 9.80 Å². The van der Waals surface area contributed by atoms with Crippen LogP contribution < -0.4 is 9.47 Å². The number of hydrogen-bond donors (Lipinski definition) is 0. The third-order valence-corrected chi connectivity index (χ3v) is 5.66. The van der Waals surface area contributed by atoms with Crippen LogP contribution in [0.2, 0.25) is 0 Å². The third kappa shape index (κ3) is 4.73. The molecule has 0 saturated carbocycles. The summed E-state index contributed by atoms with van der Waals surface area (Å²) in [6.07, 6.45) is 5.80. The van der Waals surface area contributed by atoms with E-state index in [1.165, 1.54) is 0 Å². The molecule has 0 bridgehead atoms. The number of carbonyl (C=O) groups is 2. The van der Waals surface area contributed by atoms with Gasteiger partial charge in [-0.15, -0.1) is 0 Å². The van der Waals surface area contributed by atoms with E-state index in [0.717, 1.165) is 58.3 Å². The van der Waals surface area contributed by atoms with Gasteiger partial charge in [-0.2, -0.15) is 0 Å². The fraction of sp³-hybridized carbons (Fsp3) is 0.619. The number of nitrogens with zero attached hydrogens (tertiary/aromatic N) is 2. The molecule has 0 aromatic heterocycles. The average Bonchev–Trinajstić information content (AvgIpc) is 3.26. The van der Waals surface area contributed by atoms with Crippen molar-refractivity contribution in [1.29, 1.82) is 0 Å². The Morgan fingerprint density at radius 2 is 1.70 bits per heavy atom. The number of piperidine rings is 1. The first kappa shape index (κ1) is 19.5. The third-order valence-electron chi connectivity index (χ3n) is 5.66. The molecule has 3 rings (SSSR count). The highest BCUT2D eigenvalue weighted by molar-refractivity contribution is 5.95. The van der Waals surface area contributed by atoms with E-state index in [-0.39, 0.29) is 11.8 Å². The van der Waals surface area contributed by atoms with Crippen molar-refractivity contribution in [3.8, 4) is 11.5 Å². The first-order valence-electron chi connectivity index (χ1n) is 9.91. The monoisotopic (exact) mass is 374 g/mol. The fourth-order valence-electron chi connectivity index (χ4n) is 4.09. The fourth-order valence-corrected chi connectivity index (χ4v) is 4.09. The lowest BCUT2D eigenvalue weighted by atomic mass is 9.92. The van der Waals surface area contributed by atoms with Gasteiger partial charge in [0.25, 0.3) is 5.91 Å². The molecule has 6 heteroatoms. The van der Waals surface area contributed by atoms with E-state index in [2.05, 4.69) is 0 Å². The summed E-state index contributed by atoms with van der Waals surface area (Å²) >= 11 is 0. The minimum Gasteiger partial charge on any atom is -0.493 e. The van der Waals surface area contributed by atoms with Crippen molar-refractivity contribution in [2.45, 2.75) is 38.5 Å². The summed E-state index contributed by atoms with van der Waals surface area (Å²) in [5.41, 5.74) is 0.612.